The summed E-state index contributed by atoms with van der Waals surface area (Å²) in [6, 6.07) is 0. The lowest BCUT2D eigenvalue weighted by molar-refractivity contribution is -0.174. The van der Waals surface area contributed by atoms with E-state index in [1.165, 1.54) is 0 Å². The molecule has 0 heterocycles. The van der Waals surface area contributed by atoms with Crippen molar-refractivity contribution in [2.75, 3.05) is 0 Å². The van der Waals surface area contributed by atoms with Crippen LogP contribution < -0.4 is 0 Å². The number of carboxylic acids is 1. The molecular weight excluding hydrogens is 368 g/mol. The summed E-state index contributed by atoms with van der Waals surface area (Å²) in [7, 11) is 0. The van der Waals surface area contributed by atoms with E-state index in [0.717, 1.165) is 51.4 Å². The zero-order chi connectivity index (χ0) is 21.1. The Morgan fingerprint density at radius 3 is 2.34 bits per heavy atom. The van der Waals surface area contributed by atoms with E-state index in [4.69, 9.17) is 5.11 Å². The number of carboxylic acid groups (broad SMARTS) is 1. The van der Waals surface area contributed by atoms with Crippen molar-refractivity contribution in [3.63, 3.8) is 0 Å². The van der Waals surface area contributed by atoms with E-state index >= 15 is 0 Å². The van der Waals surface area contributed by atoms with E-state index in [2.05, 4.69) is 20.8 Å². The molecule has 0 aliphatic heterocycles. The average molecular weight is 409 g/mol. The van der Waals surface area contributed by atoms with Gasteiger partial charge in [-0.1, -0.05) is 20.8 Å². The highest BCUT2D eigenvalue weighted by atomic mass is 16.4. The summed E-state index contributed by atoms with van der Waals surface area (Å²) in [6.07, 6.45) is 6.60. The fraction of sp³-hybridized carbons (Fsp3) is 0.958. The SMILES string of the molecule is C[C@H](CC(O)C(=O)O)[C@H]1CC[C@H]2[C@@H]3C(O)CC4CC(O)CC[C@]4(C)[C@H]3CC[C@]12C. The Bertz CT molecular complexity index is 637. The first-order valence-corrected chi connectivity index (χ1v) is 11.8. The summed E-state index contributed by atoms with van der Waals surface area (Å²) < 4.78 is 0. The zero-order valence-corrected chi connectivity index (χ0v) is 18.3. The number of hydrogen-bond acceptors (Lipinski definition) is 4. The van der Waals surface area contributed by atoms with E-state index in [9.17, 15) is 20.1 Å². The average Bonchev–Trinajstić information content (AvgIpc) is 3.00. The monoisotopic (exact) mass is 408 g/mol. The van der Waals surface area contributed by atoms with E-state index in [1.54, 1.807) is 0 Å². The molecule has 0 aromatic carbocycles. The van der Waals surface area contributed by atoms with Crippen molar-refractivity contribution in [2.24, 2.45) is 46.3 Å². The molecule has 4 unspecified atom stereocenters. The van der Waals surface area contributed by atoms with Crippen molar-refractivity contribution in [3.8, 4) is 0 Å². The first-order chi connectivity index (χ1) is 13.6. The molecule has 4 rings (SSSR count). The molecule has 0 radical (unpaired) electrons. The minimum atomic E-state index is -1.28. The standard InChI is InChI=1S/C24H40O5/c1-13(10-20(27)22(28)29)16-4-5-17-21-18(7-9-24(16,17)3)23(2)8-6-15(25)11-14(23)12-19(21)26/h13-21,25-27H,4-12H2,1-3H3,(H,28,29)/t13-,14?,15?,16-,17+,18+,19?,20?,21+,23+,24-/m1/s1. The largest absolute Gasteiger partial charge is 0.479 e. The third-order valence-corrected chi connectivity index (χ3v) is 10.3. The molecule has 5 nitrogen and oxygen atoms in total. The lowest BCUT2D eigenvalue weighted by Crippen LogP contribution is -2.58. The van der Waals surface area contributed by atoms with Crippen molar-refractivity contribution in [1.29, 1.82) is 0 Å². The first-order valence-electron chi connectivity index (χ1n) is 11.8. The molecule has 166 valence electrons. The number of aliphatic carboxylic acids is 1. The molecule has 11 atom stereocenters. The third-order valence-electron chi connectivity index (χ3n) is 10.3. The first kappa shape index (κ1) is 21.6. The van der Waals surface area contributed by atoms with Crippen molar-refractivity contribution in [1.82, 2.24) is 0 Å². The molecule has 4 saturated carbocycles. The van der Waals surface area contributed by atoms with Crippen LogP contribution in [0.5, 0.6) is 0 Å². The molecule has 0 aromatic rings. The molecule has 0 aromatic heterocycles. The van der Waals surface area contributed by atoms with Crippen molar-refractivity contribution in [2.45, 2.75) is 96.9 Å². The Labute approximate surface area is 174 Å². The van der Waals surface area contributed by atoms with Gasteiger partial charge in [-0.05, 0) is 104 Å². The topological polar surface area (TPSA) is 98.0 Å². The molecule has 29 heavy (non-hydrogen) atoms. The van der Waals surface area contributed by atoms with Gasteiger partial charge in [0.05, 0.1) is 12.2 Å². The van der Waals surface area contributed by atoms with Crippen LogP contribution in [0.25, 0.3) is 0 Å². The van der Waals surface area contributed by atoms with Crippen molar-refractivity contribution >= 4 is 5.97 Å². The fourth-order valence-electron chi connectivity index (χ4n) is 8.79. The van der Waals surface area contributed by atoms with Gasteiger partial charge in [0, 0.05) is 0 Å². The number of carbonyl (C=O) groups is 1. The Kier molecular flexibility index (Phi) is 5.57. The molecule has 4 aliphatic carbocycles. The second kappa shape index (κ2) is 7.49. The number of fused-ring (bicyclic) bond motifs is 5. The summed E-state index contributed by atoms with van der Waals surface area (Å²) in [5, 5.41) is 40.5. The lowest BCUT2D eigenvalue weighted by Gasteiger charge is -2.62. The van der Waals surface area contributed by atoms with Crippen LogP contribution in [-0.4, -0.2) is 44.7 Å². The normalized spacial score (nSPS) is 51.4. The number of aliphatic hydroxyl groups excluding tert-OH is 3. The Morgan fingerprint density at radius 1 is 1.00 bits per heavy atom. The van der Waals surface area contributed by atoms with E-state index < -0.39 is 12.1 Å². The van der Waals surface area contributed by atoms with Gasteiger partial charge < -0.3 is 20.4 Å². The fourth-order valence-corrected chi connectivity index (χ4v) is 8.79. The van der Waals surface area contributed by atoms with Crippen LogP contribution in [0, 0.1) is 46.3 Å². The van der Waals surface area contributed by atoms with Gasteiger partial charge in [0.25, 0.3) is 0 Å². The molecule has 4 aliphatic rings. The van der Waals surface area contributed by atoms with Crippen LogP contribution in [-0.2, 0) is 4.79 Å². The highest BCUT2D eigenvalue weighted by Crippen LogP contribution is 2.68. The van der Waals surface area contributed by atoms with Crippen molar-refractivity contribution < 1.29 is 25.2 Å². The molecule has 0 amide bonds. The van der Waals surface area contributed by atoms with E-state index in [0.29, 0.717) is 36.0 Å². The van der Waals surface area contributed by atoms with Crippen LogP contribution in [0.1, 0.15) is 78.6 Å². The molecule has 5 heteroatoms. The number of aliphatic hydroxyl groups is 3. The van der Waals surface area contributed by atoms with Gasteiger partial charge in [0.1, 0.15) is 0 Å². The summed E-state index contributed by atoms with van der Waals surface area (Å²) in [6.45, 7) is 6.91. The molecule has 0 bridgehead atoms. The summed E-state index contributed by atoms with van der Waals surface area (Å²) in [5.41, 5.74) is 0.352. The van der Waals surface area contributed by atoms with Crippen LogP contribution in [0.3, 0.4) is 0 Å². The van der Waals surface area contributed by atoms with Crippen LogP contribution in [0.15, 0.2) is 0 Å². The van der Waals surface area contributed by atoms with Gasteiger partial charge in [-0.25, -0.2) is 4.79 Å². The molecule has 4 fully saturated rings. The highest BCUT2D eigenvalue weighted by Gasteiger charge is 2.62. The van der Waals surface area contributed by atoms with Gasteiger partial charge >= 0.3 is 5.97 Å². The van der Waals surface area contributed by atoms with Gasteiger partial charge in [-0.2, -0.15) is 0 Å². The van der Waals surface area contributed by atoms with E-state index in [1.807, 2.05) is 0 Å². The minimum absolute atomic E-state index is 0.122. The lowest BCUT2D eigenvalue weighted by atomic mass is 9.43. The quantitative estimate of drug-likeness (QED) is 0.571. The number of hydrogen-bond donors (Lipinski definition) is 4. The predicted octanol–water partition coefficient (Wildman–Crippen LogP) is 3.45. The summed E-state index contributed by atoms with van der Waals surface area (Å²) >= 11 is 0. The van der Waals surface area contributed by atoms with Crippen LogP contribution in [0.4, 0.5) is 0 Å². The van der Waals surface area contributed by atoms with Gasteiger partial charge in [-0.3, -0.25) is 0 Å². The summed E-state index contributed by atoms with van der Waals surface area (Å²) in [4.78, 5) is 11.1. The highest BCUT2D eigenvalue weighted by molar-refractivity contribution is 5.71. The van der Waals surface area contributed by atoms with Gasteiger partial charge in [0.2, 0.25) is 0 Å². The van der Waals surface area contributed by atoms with E-state index in [-0.39, 0.29) is 29.0 Å². The summed E-state index contributed by atoms with van der Waals surface area (Å²) in [5.74, 6) is 1.22. The zero-order valence-electron chi connectivity index (χ0n) is 18.3. The maximum atomic E-state index is 11.2. The predicted molar refractivity (Wildman–Crippen MR) is 110 cm³/mol. The molecule has 4 N–H and O–H groups in total. The maximum absolute atomic E-state index is 11.2. The van der Waals surface area contributed by atoms with Gasteiger partial charge in [-0.15, -0.1) is 0 Å². The molecular formula is C24H40O5. The Morgan fingerprint density at radius 2 is 1.66 bits per heavy atom. The van der Waals surface area contributed by atoms with Gasteiger partial charge in [0.15, 0.2) is 6.10 Å². The minimum Gasteiger partial charge on any atom is -0.479 e. The second-order valence-electron chi connectivity index (χ2n) is 11.5. The third kappa shape index (κ3) is 3.36. The van der Waals surface area contributed by atoms with Crippen LogP contribution in [0.2, 0.25) is 0 Å². The van der Waals surface area contributed by atoms with Crippen LogP contribution >= 0.6 is 0 Å². The Balaban J connectivity index is 1.56. The second-order valence-corrected chi connectivity index (χ2v) is 11.5. The maximum Gasteiger partial charge on any atom is 0.332 e. The Hall–Kier alpha value is -0.650. The van der Waals surface area contributed by atoms with Crippen molar-refractivity contribution in [3.05, 3.63) is 0 Å². The molecule has 0 saturated heterocycles. The smallest absolute Gasteiger partial charge is 0.332 e. The number of rotatable bonds is 4. The molecule has 0 spiro atoms.